The largest absolute Gasteiger partial charge is 0.404 e. The molecule has 1 unspecified atom stereocenters. The molecule has 0 radical (unpaired) electrons. The van der Waals surface area contributed by atoms with E-state index in [1.54, 1.807) is 0 Å². The molecule has 0 fully saturated rings. The molecule has 0 spiro atoms. The highest BCUT2D eigenvalue weighted by Crippen LogP contribution is 2.38. The molecule has 0 aliphatic carbocycles. The van der Waals surface area contributed by atoms with Crippen LogP contribution in [-0.2, 0) is 4.43 Å². The van der Waals surface area contributed by atoms with Crippen LogP contribution in [0.15, 0.2) is 30.3 Å². The Kier molecular flexibility index (Phi) is 6.57. The summed E-state index contributed by atoms with van der Waals surface area (Å²) in [5.74, 6) is 1.09. The third-order valence-electron chi connectivity index (χ3n) is 4.79. The molecular formula is C16H30OSSi2. The SMILES string of the molecule is CCSC(O[Si](C)(C)[Si](C)(C)C(C)C)c1ccccc1. The summed E-state index contributed by atoms with van der Waals surface area (Å²) in [6.07, 6.45) is 0. The van der Waals surface area contributed by atoms with Gasteiger partial charge in [0, 0.05) is 0 Å². The summed E-state index contributed by atoms with van der Waals surface area (Å²) < 4.78 is 6.75. The normalized spacial score (nSPS) is 14.6. The van der Waals surface area contributed by atoms with Crippen molar-refractivity contribution in [1.82, 2.24) is 0 Å². The van der Waals surface area contributed by atoms with Crippen LogP contribution in [0.3, 0.4) is 0 Å². The lowest BCUT2D eigenvalue weighted by molar-refractivity contribution is 0.294. The lowest BCUT2D eigenvalue weighted by Gasteiger charge is -2.42. The van der Waals surface area contributed by atoms with Crippen molar-refractivity contribution < 1.29 is 4.43 Å². The summed E-state index contributed by atoms with van der Waals surface area (Å²) in [4.78, 5) is 0. The molecule has 1 aromatic rings. The monoisotopic (exact) mass is 326 g/mol. The maximum atomic E-state index is 6.75. The van der Waals surface area contributed by atoms with Crippen LogP contribution in [0.1, 0.15) is 31.8 Å². The van der Waals surface area contributed by atoms with Gasteiger partial charge in [-0.25, -0.2) is 0 Å². The molecule has 0 saturated carbocycles. The molecule has 114 valence electrons. The Balaban J connectivity index is 2.96. The second kappa shape index (κ2) is 7.29. The van der Waals surface area contributed by atoms with Crippen LogP contribution in [0.4, 0.5) is 0 Å². The van der Waals surface area contributed by atoms with E-state index in [4.69, 9.17) is 4.43 Å². The Bertz CT molecular complexity index is 404. The van der Waals surface area contributed by atoms with Crippen molar-refractivity contribution in [2.75, 3.05) is 5.75 Å². The lowest BCUT2D eigenvalue weighted by atomic mass is 10.2. The van der Waals surface area contributed by atoms with Gasteiger partial charge in [-0.05, 0) is 24.4 Å². The Morgan fingerprint density at radius 2 is 1.60 bits per heavy atom. The molecule has 0 aliphatic rings. The summed E-state index contributed by atoms with van der Waals surface area (Å²) in [6, 6.07) is 10.7. The van der Waals surface area contributed by atoms with E-state index in [-0.39, 0.29) is 5.44 Å². The first-order valence-electron chi connectivity index (χ1n) is 7.56. The standard InChI is InChI=1S/C16H30OSSi2/c1-8-18-16(15-12-10-9-11-13-15)17-20(6,7)19(4,5)14(2)3/h9-14,16H,8H2,1-7H3. The molecule has 0 amide bonds. The van der Waals surface area contributed by atoms with E-state index in [9.17, 15) is 0 Å². The van der Waals surface area contributed by atoms with Crippen LogP contribution in [0, 0.1) is 0 Å². The van der Waals surface area contributed by atoms with E-state index in [1.165, 1.54) is 5.56 Å². The predicted octanol–water partition coefficient (Wildman–Crippen LogP) is 5.86. The van der Waals surface area contributed by atoms with Crippen molar-refractivity contribution in [1.29, 1.82) is 0 Å². The fraction of sp³-hybridized carbons (Fsp3) is 0.625. The van der Waals surface area contributed by atoms with Crippen molar-refractivity contribution in [3.8, 4) is 0 Å². The minimum atomic E-state index is -1.66. The van der Waals surface area contributed by atoms with Crippen molar-refractivity contribution in [3.63, 3.8) is 0 Å². The van der Waals surface area contributed by atoms with Crippen LogP contribution < -0.4 is 0 Å². The first-order chi connectivity index (χ1) is 9.22. The van der Waals surface area contributed by atoms with Gasteiger partial charge in [-0.1, -0.05) is 69.7 Å². The number of rotatable bonds is 7. The summed E-state index contributed by atoms with van der Waals surface area (Å²) in [5, 5.41) is 0. The quantitative estimate of drug-likeness (QED) is 0.458. The molecule has 0 aliphatic heterocycles. The maximum Gasteiger partial charge on any atom is 0.176 e. The van der Waals surface area contributed by atoms with E-state index in [0.29, 0.717) is 0 Å². The zero-order valence-electron chi connectivity index (χ0n) is 14.1. The van der Waals surface area contributed by atoms with Crippen molar-refractivity contribution in [3.05, 3.63) is 35.9 Å². The van der Waals surface area contributed by atoms with E-state index in [0.717, 1.165) is 11.3 Å². The summed E-state index contributed by atoms with van der Waals surface area (Å²) >= 11 is 1.92. The number of benzene rings is 1. The molecule has 1 rings (SSSR count). The van der Waals surface area contributed by atoms with Gasteiger partial charge in [0.2, 0.25) is 0 Å². The molecule has 0 saturated heterocycles. The topological polar surface area (TPSA) is 9.23 Å². The van der Waals surface area contributed by atoms with Crippen LogP contribution >= 0.6 is 11.8 Å². The Morgan fingerprint density at radius 3 is 2.05 bits per heavy atom. The lowest BCUT2D eigenvalue weighted by Crippen LogP contribution is -2.59. The minimum absolute atomic E-state index is 0.202. The Hall–Kier alpha value is -0.0362. The summed E-state index contributed by atoms with van der Waals surface area (Å²) in [7, 11) is -2.99. The predicted molar refractivity (Wildman–Crippen MR) is 98.5 cm³/mol. The maximum absolute atomic E-state index is 6.75. The highest BCUT2D eigenvalue weighted by atomic mass is 32.2. The second-order valence-electron chi connectivity index (χ2n) is 6.70. The van der Waals surface area contributed by atoms with Crippen molar-refractivity contribution >= 4 is 27.2 Å². The van der Waals surface area contributed by atoms with Gasteiger partial charge in [0.1, 0.15) is 5.44 Å². The zero-order valence-corrected chi connectivity index (χ0v) is 16.9. The molecule has 4 heteroatoms. The molecule has 0 aromatic heterocycles. The average Bonchev–Trinajstić information content (AvgIpc) is 2.38. The summed E-state index contributed by atoms with van der Waals surface area (Å²) in [5.41, 5.74) is 2.29. The van der Waals surface area contributed by atoms with Crippen LogP contribution in [0.2, 0.25) is 31.7 Å². The van der Waals surface area contributed by atoms with Gasteiger partial charge in [-0.15, -0.1) is 11.8 Å². The van der Waals surface area contributed by atoms with Gasteiger partial charge in [-0.2, -0.15) is 0 Å². The molecule has 0 bridgehead atoms. The average molecular weight is 327 g/mol. The van der Waals surface area contributed by atoms with Gasteiger partial charge in [0.15, 0.2) is 7.83 Å². The van der Waals surface area contributed by atoms with E-state index < -0.39 is 15.4 Å². The molecule has 0 heterocycles. The van der Waals surface area contributed by atoms with Gasteiger partial charge >= 0.3 is 0 Å². The zero-order chi connectivity index (χ0) is 15.4. The third kappa shape index (κ3) is 4.23. The molecule has 1 aromatic carbocycles. The van der Waals surface area contributed by atoms with E-state index in [2.05, 4.69) is 77.3 Å². The molecule has 20 heavy (non-hydrogen) atoms. The third-order valence-corrected chi connectivity index (χ3v) is 24.2. The van der Waals surface area contributed by atoms with Crippen LogP contribution in [0.5, 0.6) is 0 Å². The van der Waals surface area contributed by atoms with E-state index in [1.807, 2.05) is 11.8 Å². The number of hydrogen-bond donors (Lipinski definition) is 0. The molecule has 1 nitrogen and oxygen atoms in total. The fourth-order valence-corrected chi connectivity index (χ4v) is 11.8. The molecular weight excluding hydrogens is 296 g/mol. The first kappa shape index (κ1) is 18.0. The number of thioether (sulfide) groups is 1. The van der Waals surface area contributed by atoms with Gasteiger partial charge in [-0.3, -0.25) is 0 Å². The molecule has 1 atom stereocenters. The summed E-state index contributed by atoms with van der Waals surface area (Å²) in [6.45, 7) is 16.8. The highest BCUT2D eigenvalue weighted by Gasteiger charge is 2.46. The van der Waals surface area contributed by atoms with E-state index >= 15 is 0 Å². The second-order valence-corrected chi connectivity index (χ2v) is 23.4. The van der Waals surface area contributed by atoms with Crippen LogP contribution in [0.25, 0.3) is 0 Å². The molecule has 0 N–H and O–H groups in total. The smallest absolute Gasteiger partial charge is 0.176 e. The number of hydrogen-bond acceptors (Lipinski definition) is 2. The highest BCUT2D eigenvalue weighted by molar-refractivity contribution is 7.99. The van der Waals surface area contributed by atoms with Crippen molar-refractivity contribution in [2.24, 2.45) is 0 Å². The van der Waals surface area contributed by atoms with Crippen LogP contribution in [-0.4, -0.2) is 21.2 Å². The van der Waals surface area contributed by atoms with Gasteiger partial charge in [0.25, 0.3) is 0 Å². The first-order valence-corrected chi connectivity index (χ1v) is 15.6. The van der Waals surface area contributed by atoms with Crippen molar-refractivity contribution in [2.45, 2.75) is 57.9 Å². The van der Waals surface area contributed by atoms with Gasteiger partial charge < -0.3 is 4.43 Å². The fourth-order valence-electron chi connectivity index (χ4n) is 2.07. The Morgan fingerprint density at radius 1 is 1.05 bits per heavy atom. The Labute approximate surface area is 131 Å². The minimum Gasteiger partial charge on any atom is -0.404 e. The van der Waals surface area contributed by atoms with Gasteiger partial charge in [0.05, 0.1) is 7.59 Å².